The van der Waals surface area contributed by atoms with Crippen LogP contribution in [0, 0.1) is 17.8 Å². The Balaban J connectivity index is 1.77. The summed E-state index contributed by atoms with van der Waals surface area (Å²) in [6, 6.07) is 13.0. The Morgan fingerprint density at radius 2 is 1.77 bits per heavy atom. The number of nitrogens with one attached hydrogen (secondary N) is 1. The van der Waals surface area contributed by atoms with Crippen molar-refractivity contribution in [2.24, 2.45) is 17.8 Å². The predicted octanol–water partition coefficient (Wildman–Crippen LogP) is 5.96. The largest absolute Gasteiger partial charge is 0.461 e. The lowest BCUT2D eigenvalue weighted by molar-refractivity contribution is -0.301. The van der Waals surface area contributed by atoms with Crippen molar-refractivity contribution in [2.45, 2.75) is 148 Å². The number of cyclic esters (lactones) is 1. The standard InChI is InChI=1S/C50H71N3O11/c1-12-40-50(9,58)46-32(4)42(52-35(7)54)30(2)26-49(8,60-29-38(28-59-46)21-16-20-36-18-14-13-15-19-36)45(64-48-43(56)39(53(10)11)24-31(3)61-48)33(5)44(34(6)47(57)62-40)63-41(55)25-37-22-17-23-51-27-37/h13-23,27,31-34,39-40,43-46,48,56,58H,12,24-26,28-29H2,1-11H3,(H,52,54)/t31-,32+,33+,34-,39+,40-,43-,44+,45-,46-,48+,49-,50-/m1/s1. The number of likely N-dealkylation sites (N-methyl/N-ethyl adjacent to an activating group) is 1. The molecule has 1 amide bonds. The van der Waals surface area contributed by atoms with Gasteiger partial charge in [0, 0.05) is 49.3 Å². The quantitative estimate of drug-likeness (QED) is 0.239. The van der Waals surface area contributed by atoms with Crippen molar-refractivity contribution in [2.75, 3.05) is 27.3 Å². The zero-order chi connectivity index (χ0) is 46.9. The van der Waals surface area contributed by atoms with Gasteiger partial charge >= 0.3 is 11.9 Å². The number of nitrogens with zero attached hydrogens (tertiary/aromatic N) is 2. The molecule has 64 heavy (non-hydrogen) atoms. The summed E-state index contributed by atoms with van der Waals surface area (Å²) < 4.78 is 40.0. The van der Waals surface area contributed by atoms with Gasteiger partial charge in [-0.1, -0.05) is 81.0 Å². The highest BCUT2D eigenvalue weighted by molar-refractivity contribution is 5.76. The van der Waals surface area contributed by atoms with Crippen LogP contribution in [0.25, 0.3) is 6.08 Å². The first-order valence-electron chi connectivity index (χ1n) is 22.6. The third-order valence-corrected chi connectivity index (χ3v) is 13.0. The van der Waals surface area contributed by atoms with Crippen molar-refractivity contribution in [3.63, 3.8) is 0 Å². The second kappa shape index (κ2) is 22.3. The molecule has 352 valence electrons. The summed E-state index contributed by atoms with van der Waals surface area (Å²) in [5.41, 5.74) is 0.364. The molecule has 1 saturated heterocycles. The van der Waals surface area contributed by atoms with E-state index in [1.165, 1.54) is 6.92 Å². The van der Waals surface area contributed by atoms with Gasteiger partial charge in [0.2, 0.25) is 5.91 Å². The number of fused-ring (bicyclic) bond motifs is 4. The SMILES string of the molecule is CC[C@H]1OC(=O)[C@H](C)[C@@H](OC(=O)Cc2cccnc2)[C@H](C)[C@@H](O[C@@H]2O[C@H](C)C[C@H](N(C)C)[C@H]2O)[C@@]2(C)CC(C)=C(NC(C)=O)[C@H](C)[C@@H](OCC(=CC=Cc3ccccc3)CO2)[C@]1(C)O. The molecular formula is C50H71N3O11. The van der Waals surface area contributed by atoms with Crippen LogP contribution in [0.1, 0.15) is 92.7 Å². The molecule has 5 rings (SSSR count). The molecule has 3 aliphatic rings. The highest BCUT2D eigenvalue weighted by Gasteiger charge is 2.53. The number of allylic oxidation sites excluding steroid dienone is 2. The van der Waals surface area contributed by atoms with Crippen LogP contribution in [0.15, 0.2) is 83.9 Å². The van der Waals surface area contributed by atoms with Gasteiger partial charge in [-0.3, -0.25) is 19.4 Å². The molecule has 0 aliphatic carbocycles. The van der Waals surface area contributed by atoms with Gasteiger partial charge in [0.1, 0.15) is 23.9 Å². The number of aromatic nitrogens is 1. The topological polar surface area (TPSA) is 175 Å². The van der Waals surface area contributed by atoms with E-state index in [-0.39, 0.29) is 50.5 Å². The van der Waals surface area contributed by atoms with Crippen molar-refractivity contribution in [3.05, 3.63) is 95.0 Å². The number of aliphatic hydroxyl groups is 2. The maximum atomic E-state index is 14.6. The first-order valence-corrected chi connectivity index (χ1v) is 22.6. The van der Waals surface area contributed by atoms with E-state index in [4.69, 9.17) is 28.4 Å². The highest BCUT2D eigenvalue weighted by atomic mass is 16.7. The summed E-state index contributed by atoms with van der Waals surface area (Å²) in [5.74, 6) is -4.24. The molecule has 2 aromatic rings. The Hall–Kier alpha value is -4.28. The van der Waals surface area contributed by atoms with Gasteiger partial charge < -0.3 is 48.9 Å². The molecule has 4 heterocycles. The van der Waals surface area contributed by atoms with E-state index in [0.717, 1.165) is 5.56 Å². The lowest BCUT2D eigenvalue weighted by Gasteiger charge is -2.48. The Bertz CT molecular complexity index is 1970. The van der Waals surface area contributed by atoms with E-state index < -0.39 is 77.7 Å². The number of esters is 2. The molecule has 3 aliphatic heterocycles. The Morgan fingerprint density at radius 3 is 2.41 bits per heavy atom. The predicted molar refractivity (Wildman–Crippen MR) is 242 cm³/mol. The minimum atomic E-state index is -1.81. The summed E-state index contributed by atoms with van der Waals surface area (Å²) in [6.07, 6.45) is 2.82. The van der Waals surface area contributed by atoms with Crippen LogP contribution in [0.4, 0.5) is 0 Å². The molecular weight excluding hydrogens is 819 g/mol. The van der Waals surface area contributed by atoms with Crippen LogP contribution in [-0.4, -0.2) is 125 Å². The smallest absolute Gasteiger partial charge is 0.312 e. The molecule has 14 heteroatoms. The van der Waals surface area contributed by atoms with Gasteiger partial charge in [0.05, 0.1) is 49.5 Å². The number of pyridine rings is 1. The molecule has 0 radical (unpaired) electrons. The second-order valence-electron chi connectivity index (χ2n) is 18.6. The summed E-state index contributed by atoms with van der Waals surface area (Å²) in [6.45, 7) is 15.9. The van der Waals surface area contributed by atoms with Crippen molar-refractivity contribution < 1.29 is 53.0 Å². The lowest BCUT2D eigenvalue weighted by Crippen LogP contribution is -2.60. The van der Waals surface area contributed by atoms with Crippen LogP contribution < -0.4 is 5.32 Å². The summed E-state index contributed by atoms with van der Waals surface area (Å²) >= 11 is 0. The van der Waals surface area contributed by atoms with E-state index in [9.17, 15) is 24.6 Å². The number of rotatable bonds is 10. The van der Waals surface area contributed by atoms with E-state index in [1.807, 2.05) is 102 Å². The Kier molecular flexibility index (Phi) is 17.6. The fourth-order valence-corrected chi connectivity index (χ4v) is 9.58. The molecule has 3 N–H and O–H groups in total. The average Bonchev–Trinajstić information content (AvgIpc) is 3.26. The second-order valence-corrected chi connectivity index (χ2v) is 18.6. The number of benzene rings is 1. The van der Waals surface area contributed by atoms with E-state index in [0.29, 0.717) is 28.8 Å². The van der Waals surface area contributed by atoms with Crippen LogP contribution in [0.2, 0.25) is 0 Å². The fourth-order valence-electron chi connectivity index (χ4n) is 9.58. The molecule has 0 saturated carbocycles. The Morgan fingerprint density at radius 1 is 1.05 bits per heavy atom. The number of ether oxygens (including phenoxy) is 6. The van der Waals surface area contributed by atoms with Gasteiger partial charge in [-0.15, -0.1) is 0 Å². The molecule has 2 bridgehead atoms. The first kappa shape index (κ1) is 50.7. The van der Waals surface area contributed by atoms with Crippen LogP contribution in [-0.2, 0) is 49.2 Å². The van der Waals surface area contributed by atoms with Gasteiger partial charge in [0.15, 0.2) is 6.29 Å². The van der Waals surface area contributed by atoms with Crippen molar-refractivity contribution in [1.29, 1.82) is 0 Å². The van der Waals surface area contributed by atoms with E-state index in [1.54, 1.807) is 45.3 Å². The molecule has 13 atom stereocenters. The first-order chi connectivity index (χ1) is 30.2. The molecule has 1 aromatic carbocycles. The third-order valence-electron chi connectivity index (χ3n) is 13.0. The van der Waals surface area contributed by atoms with Crippen LogP contribution >= 0.6 is 0 Å². The summed E-state index contributed by atoms with van der Waals surface area (Å²) in [4.78, 5) is 47.7. The molecule has 0 spiro atoms. The molecule has 0 unspecified atom stereocenters. The number of carbonyl (C=O) groups excluding carboxylic acids is 3. The van der Waals surface area contributed by atoms with E-state index >= 15 is 0 Å². The normalized spacial score (nSPS) is 35.3. The zero-order valence-corrected chi connectivity index (χ0v) is 39.5. The minimum Gasteiger partial charge on any atom is -0.461 e. The fraction of sp³-hybridized carbons (Fsp3) is 0.600. The number of hydrogen-bond acceptors (Lipinski definition) is 13. The van der Waals surface area contributed by atoms with Crippen molar-refractivity contribution in [3.8, 4) is 0 Å². The monoisotopic (exact) mass is 890 g/mol. The maximum Gasteiger partial charge on any atom is 0.312 e. The summed E-state index contributed by atoms with van der Waals surface area (Å²) in [7, 11) is 3.78. The number of hydrogen-bond donors (Lipinski definition) is 3. The average molecular weight is 890 g/mol. The Labute approximate surface area is 379 Å². The molecule has 1 fully saturated rings. The van der Waals surface area contributed by atoms with Crippen molar-refractivity contribution >= 4 is 23.9 Å². The number of aliphatic hydroxyl groups excluding tert-OH is 1. The van der Waals surface area contributed by atoms with Crippen LogP contribution in [0.5, 0.6) is 0 Å². The van der Waals surface area contributed by atoms with Gasteiger partial charge in [-0.05, 0) is 84.3 Å². The van der Waals surface area contributed by atoms with E-state index in [2.05, 4.69) is 10.3 Å². The van der Waals surface area contributed by atoms with Crippen LogP contribution in [0.3, 0.4) is 0 Å². The third kappa shape index (κ3) is 12.5. The number of carbonyl (C=O) groups is 3. The molecule has 14 nitrogen and oxygen atoms in total. The summed E-state index contributed by atoms with van der Waals surface area (Å²) in [5, 5.41) is 27.7. The zero-order valence-electron chi connectivity index (χ0n) is 39.5. The maximum absolute atomic E-state index is 14.6. The molecule has 1 aromatic heterocycles. The number of amides is 1. The highest BCUT2D eigenvalue weighted by Crippen LogP contribution is 2.42. The minimum absolute atomic E-state index is 0.00428. The van der Waals surface area contributed by atoms with Crippen molar-refractivity contribution in [1.82, 2.24) is 15.2 Å². The lowest BCUT2D eigenvalue weighted by atomic mass is 9.76. The van der Waals surface area contributed by atoms with Gasteiger partial charge in [-0.2, -0.15) is 0 Å². The van der Waals surface area contributed by atoms with Gasteiger partial charge in [0.25, 0.3) is 0 Å². The van der Waals surface area contributed by atoms with Gasteiger partial charge in [-0.25, -0.2) is 0 Å².